The summed E-state index contributed by atoms with van der Waals surface area (Å²) >= 11 is 0.980. The van der Waals surface area contributed by atoms with E-state index in [4.69, 9.17) is 24.9 Å². The molecule has 5 rings (SSSR count). The van der Waals surface area contributed by atoms with Crippen molar-refractivity contribution < 1.29 is 46.3 Å². The zero-order valence-electron chi connectivity index (χ0n) is 28.0. The van der Waals surface area contributed by atoms with Crippen LogP contribution < -0.4 is 21.1 Å². The molecule has 4 heterocycles. The molecule has 4 atom stereocenters. The van der Waals surface area contributed by atoms with E-state index < -0.39 is 57.2 Å². The summed E-state index contributed by atoms with van der Waals surface area (Å²) in [5.41, 5.74) is 3.74. The molecule has 6 N–H and O–H groups in total. The van der Waals surface area contributed by atoms with Gasteiger partial charge in [-0.1, -0.05) is 37.1 Å². The molecule has 272 valence electrons. The van der Waals surface area contributed by atoms with Crippen LogP contribution >= 0.6 is 11.3 Å². The Kier molecular flexibility index (Phi) is 10.7. The molecule has 2 amide bonds. The fourth-order valence-electron chi connectivity index (χ4n) is 5.96. The van der Waals surface area contributed by atoms with E-state index >= 15 is 0 Å². The second-order valence-electron chi connectivity index (χ2n) is 13.0. The molecule has 3 aliphatic rings. The van der Waals surface area contributed by atoms with Crippen LogP contribution in [0, 0.1) is 0 Å². The number of fused-ring (bicyclic) bond motifs is 1. The van der Waals surface area contributed by atoms with Gasteiger partial charge in [0.25, 0.3) is 17.4 Å². The number of amides is 2. The number of thiazole rings is 1. The fourth-order valence-corrected chi connectivity index (χ4v) is 6.96. The number of benzene rings is 1. The number of unbranched alkanes of at least 4 members (excludes halogenated alkanes) is 2. The van der Waals surface area contributed by atoms with Gasteiger partial charge in [-0.25, -0.2) is 9.78 Å². The first-order chi connectivity index (χ1) is 23.5. The van der Waals surface area contributed by atoms with Crippen LogP contribution in [-0.2, 0) is 40.3 Å². The number of oxime groups is 1. The Hall–Kier alpha value is -4.33. The molecule has 0 saturated carbocycles. The van der Waals surface area contributed by atoms with E-state index in [1.54, 1.807) is 0 Å². The lowest BCUT2D eigenvalue weighted by atomic mass is 9.84. The lowest BCUT2D eigenvalue weighted by Crippen LogP contribution is -2.76. The van der Waals surface area contributed by atoms with Gasteiger partial charge in [-0.2, -0.15) is 13.5 Å². The molecule has 2 aromatic rings. The molecule has 0 aliphatic carbocycles. The summed E-state index contributed by atoms with van der Waals surface area (Å²) < 4.78 is 41.9. The predicted molar refractivity (Wildman–Crippen MR) is 182 cm³/mol. The van der Waals surface area contributed by atoms with Crippen LogP contribution in [-0.4, -0.2) is 93.8 Å². The largest absolute Gasteiger partial charge is 0.485 e. The Morgan fingerprint density at radius 1 is 1.32 bits per heavy atom. The molecule has 3 aliphatic heterocycles. The number of aryl methyl sites for hydroxylation is 1. The number of anilines is 1. The normalized spacial score (nSPS) is 22.9. The van der Waals surface area contributed by atoms with Gasteiger partial charge in [0.15, 0.2) is 16.9 Å². The highest BCUT2D eigenvalue weighted by atomic mass is 32.3. The Balaban J connectivity index is 1.31. The van der Waals surface area contributed by atoms with E-state index in [1.807, 2.05) is 12.1 Å². The highest BCUT2D eigenvalue weighted by molar-refractivity contribution is 7.80. The summed E-state index contributed by atoms with van der Waals surface area (Å²) in [4.78, 5) is 53.2. The van der Waals surface area contributed by atoms with Gasteiger partial charge in [-0.05, 0) is 57.2 Å². The summed E-state index contributed by atoms with van der Waals surface area (Å²) in [5.74, 6) is -1.64. The van der Waals surface area contributed by atoms with E-state index in [0.717, 1.165) is 54.1 Å². The first-order valence-corrected chi connectivity index (χ1v) is 18.4. The zero-order valence-corrected chi connectivity index (χ0v) is 29.7. The summed E-state index contributed by atoms with van der Waals surface area (Å²) in [6, 6.07) is 4.50. The maximum absolute atomic E-state index is 13.5. The molecule has 19 heteroatoms. The molecule has 0 spiro atoms. The first kappa shape index (κ1) is 36.9. The van der Waals surface area contributed by atoms with Gasteiger partial charge < -0.3 is 31.0 Å². The number of carbonyl (C=O) groups excluding carboxylic acids is 2. The summed E-state index contributed by atoms with van der Waals surface area (Å²) in [7, 11) is -5.02. The molecule has 0 radical (unpaired) electrons. The number of carbonyl (C=O) groups is 3. The quantitative estimate of drug-likeness (QED) is 0.0615. The highest BCUT2D eigenvalue weighted by Gasteiger charge is 2.58. The number of aromatic nitrogens is 1. The number of aliphatic carboxylic acids is 1. The third kappa shape index (κ3) is 7.85. The summed E-state index contributed by atoms with van der Waals surface area (Å²) in [6.45, 7) is 7.67. The smallest absolute Gasteiger partial charge is 0.418 e. The summed E-state index contributed by atoms with van der Waals surface area (Å²) in [6.07, 6.45) is 4.12. The van der Waals surface area contributed by atoms with Gasteiger partial charge in [-0.3, -0.25) is 19.1 Å². The number of rotatable bonds is 14. The Bertz CT molecular complexity index is 1810. The lowest BCUT2D eigenvalue weighted by Gasteiger charge is -2.50. The number of aliphatic imine (C=N–C) groups is 1. The standard InChI is InChI=1S/C31H41N7O10S2/c1-5-6-7-8-23-33-14-19(15-34-23)17-9-11-21-18(13-17)10-12-22(46-21)31(4,28(41)42)47-37-24(20-16-49-29(32)35-20)26(39)36-25-27(40)38(30(25,2)3)48-50(43,44)45/h9,11,13,16,19,22,25H,5-8,10,12,14-15H2,1-4H3,(H2,32,35)(H,33,34)(H,36,39)(H,41,42)(H,43,44,45)/b37-24-/t22-,25-,31+/m1/s1. The number of nitrogens with one attached hydrogen (secondary N) is 2. The maximum atomic E-state index is 13.5. The molecule has 0 bridgehead atoms. The van der Waals surface area contributed by atoms with Gasteiger partial charge in [0, 0.05) is 30.8 Å². The number of β-lactam (4-membered cyclic amide) rings is 1. The number of hydrogen-bond acceptors (Lipinski definition) is 14. The van der Waals surface area contributed by atoms with Gasteiger partial charge in [0.2, 0.25) is 0 Å². The molecular weight excluding hydrogens is 695 g/mol. The van der Waals surface area contributed by atoms with Crippen molar-refractivity contribution in [2.75, 3.05) is 18.8 Å². The van der Waals surface area contributed by atoms with Crippen LogP contribution in [0.4, 0.5) is 5.13 Å². The minimum atomic E-state index is -5.02. The van der Waals surface area contributed by atoms with E-state index in [0.29, 0.717) is 23.8 Å². The van der Waals surface area contributed by atoms with Crippen LogP contribution in [0.2, 0.25) is 0 Å². The number of nitrogen functional groups attached to an aromatic ring is 1. The molecule has 50 heavy (non-hydrogen) atoms. The molecule has 1 aromatic carbocycles. The average Bonchev–Trinajstić information content (AvgIpc) is 3.50. The topological polar surface area (TPSA) is 244 Å². The van der Waals surface area contributed by atoms with Crippen LogP contribution in [0.25, 0.3) is 0 Å². The minimum absolute atomic E-state index is 0.0644. The fraction of sp³-hybridized carbons (Fsp3) is 0.548. The number of nitrogens with zero attached hydrogens (tertiary/aromatic N) is 4. The van der Waals surface area contributed by atoms with Gasteiger partial charge in [0.1, 0.15) is 17.5 Å². The monoisotopic (exact) mass is 735 g/mol. The van der Waals surface area contributed by atoms with Crippen LogP contribution in [0.5, 0.6) is 5.75 Å². The van der Waals surface area contributed by atoms with Crippen molar-refractivity contribution in [2.24, 2.45) is 10.1 Å². The second-order valence-corrected chi connectivity index (χ2v) is 14.9. The van der Waals surface area contributed by atoms with Crippen LogP contribution in [0.15, 0.2) is 33.7 Å². The lowest BCUT2D eigenvalue weighted by molar-refractivity contribution is -0.218. The second kappa shape index (κ2) is 14.5. The SMILES string of the molecule is CCCCCC1=NCC(c2ccc3c(c2)CC[C@H]([C@](C)(O/N=C(\C(=O)N[C@@H]2C(=O)N(OS(=O)(=O)O)C2(C)C)c2csc(N)n2)C(=O)O)O3)CN1. The van der Waals surface area contributed by atoms with E-state index in [2.05, 4.69) is 38.0 Å². The van der Waals surface area contributed by atoms with Crippen molar-refractivity contribution in [3.63, 3.8) is 0 Å². The third-order valence-electron chi connectivity index (χ3n) is 9.04. The highest BCUT2D eigenvalue weighted by Crippen LogP contribution is 2.36. The van der Waals surface area contributed by atoms with Crippen molar-refractivity contribution >= 4 is 56.2 Å². The number of carboxylic acids is 1. The van der Waals surface area contributed by atoms with Crippen molar-refractivity contribution in [2.45, 2.75) is 95.4 Å². The van der Waals surface area contributed by atoms with Gasteiger partial charge >= 0.3 is 16.4 Å². The molecule has 17 nitrogen and oxygen atoms in total. The van der Waals surface area contributed by atoms with Crippen LogP contribution in [0.1, 0.15) is 82.5 Å². The van der Waals surface area contributed by atoms with E-state index in [-0.39, 0.29) is 23.2 Å². The van der Waals surface area contributed by atoms with Crippen molar-refractivity contribution in [1.29, 1.82) is 0 Å². The Morgan fingerprint density at radius 2 is 2.08 bits per heavy atom. The zero-order chi connectivity index (χ0) is 36.4. The third-order valence-corrected chi connectivity index (χ3v) is 10.1. The first-order valence-electron chi connectivity index (χ1n) is 16.1. The minimum Gasteiger partial charge on any atom is -0.485 e. The molecule has 1 aromatic heterocycles. The Morgan fingerprint density at radius 3 is 2.68 bits per heavy atom. The number of hydroxylamine groups is 2. The van der Waals surface area contributed by atoms with Crippen molar-refractivity contribution in [1.82, 2.24) is 20.7 Å². The van der Waals surface area contributed by atoms with E-state index in [9.17, 15) is 27.9 Å². The van der Waals surface area contributed by atoms with E-state index in [1.165, 1.54) is 32.6 Å². The summed E-state index contributed by atoms with van der Waals surface area (Å²) in [5, 5.41) is 22.0. The number of amidine groups is 1. The molecule has 1 saturated heterocycles. The Labute approximate surface area is 293 Å². The number of hydrogen-bond donors (Lipinski definition) is 5. The molecule has 1 fully saturated rings. The van der Waals surface area contributed by atoms with Crippen LogP contribution in [0.3, 0.4) is 0 Å². The van der Waals surface area contributed by atoms with Crippen molar-refractivity contribution in [3.05, 3.63) is 40.4 Å². The number of nitrogens with two attached hydrogens (primary N) is 1. The van der Waals surface area contributed by atoms with Crippen molar-refractivity contribution in [3.8, 4) is 5.75 Å². The number of carboxylic acid groups (broad SMARTS) is 1. The number of ether oxygens (including phenoxy) is 1. The van der Waals surface area contributed by atoms with Gasteiger partial charge in [-0.15, -0.1) is 15.6 Å². The molecule has 1 unspecified atom stereocenters. The van der Waals surface area contributed by atoms with Gasteiger partial charge in [0.05, 0.1) is 11.4 Å². The average molecular weight is 736 g/mol. The predicted octanol–water partition coefficient (Wildman–Crippen LogP) is 2.19. The molecular formula is C31H41N7O10S2. The maximum Gasteiger partial charge on any atom is 0.418 e.